The summed E-state index contributed by atoms with van der Waals surface area (Å²) in [7, 11) is 0. The largest absolute Gasteiger partial charge is 0.330 e. The lowest BCUT2D eigenvalue weighted by Gasteiger charge is -2.21. The molecule has 0 aliphatic carbocycles. The lowest BCUT2D eigenvalue weighted by Crippen LogP contribution is -2.25. The summed E-state index contributed by atoms with van der Waals surface area (Å²) in [5, 5.41) is 8.15. The average Bonchev–Trinajstić information content (AvgIpc) is 2.47. The lowest BCUT2D eigenvalue weighted by molar-refractivity contribution is 0.386. The predicted molar refractivity (Wildman–Crippen MR) is 45.6 cm³/mol. The third kappa shape index (κ3) is 1.12. The molecule has 2 heterocycles. The molecule has 0 saturated heterocycles. The molecule has 0 saturated carbocycles. The van der Waals surface area contributed by atoms with Crippen molar-refractivity contribution < 1.29 is 0 Å². The Morgan fingerprint density at radius 2 is 2.42 bits per heavy atom. The third-order valence-corrected chi connectivity index (χ3v) is 2.58. The molecule has 2 rings (SSSR count). The second-order valence-electron chi connectivity index (χ2n) is 3.41. The van der Waals surface area contributed by atoms with E-state index in [0.717, 1.165) is 31.2 Å². The first kappa shape index (κ1) is 7.73. The molecular formula is C8H14N4. The maximum Gasteiger partial charge on any atom is 0.133 e. The molecule has 0 radical (unpaired) electrons. The molecule has 1 aliphatic rings. The molecule has 1 atom stereocenters. The fourth-order valence-corrected chi connectivity index (χ4v) is 1.74. The van der Waals surface area contributed by atoms with Crippen molar-refractivity contribution in [2.45, 2.75) is 26.3 Å². The molecule has 0 spiro atoms. The van der Waals surface area contributed by atoms with Gasteiger partial charge in [0.1, 0.15) is 11.6 Å². The maximum atomic E-state index is 5.61. The first-order valence-electron chi connectivity index (χ1n) is 4.40. The summed E-state index contributed by atoms with van der Waals surface area (Å²) in [5.74, 6) is 2.75. The van der Waals surface area contributed by atoms with E-state index in [9.17, 15) is 0 Å². The molecule has 0 bridgehead atoms. The summed E-state index contributed by atoms with van der Waals surface area (Å²) in [4.78, 5) is 0. The summed E-state index contributed by atoms with van der Waals surface area (Å²) in [6.45, 7) is 3.81. The van der Waals surface area contributed by atoms with Crippen molar-refractivity contribution in [1.82, 2.24) is 14.8 Å². The van der Waals surface area contributed by atoms with E-state index in [0.29, 0.717) is 5.92 Å². The predicted octanol–water partition coefficient (Wildman–Crippen LogP) is 0.108. The Bertz CT molecular complexity index is 279. The van der Waals surface area contributed by atoms with Crippen molar-refractivity contribution in [1.29, 1.82) is 0 Å². The lowest BCUT2D eigenvalue weighted by atomic mass is 9.98. The van der Waals surface area contributed by atoms with E-state index >= 15 is 0 Å². The average molecular weight is 166 g/mol. The molecule has 0 fully saturated rings. The zero-order valence-corrected chi connectivity index (χ0v) is 7.32. The van der Waals surface area contributed by atoms with Crippen molar-refractivity contribution in [2.24, 2.45) is 11.7 Å². The standard InChI is InChI=1S/C8H14N4/c1-6-10-11-8-4-7(5-9)2-3-12(6)8/h7H,2-5,9H2,1H3. The first-order chi connectivity index (χ1) is 5.81. The fourth-order valence-electron chi connectivity index (χ4n) is 1.74. The van der Waals surface area contributed by atoms with E-state index in [4.69, 9.17) is 5.73 Å². The molecule has 1 aliphatic heterocycles. The molecule has 66 valence electrons. The van der Waals surface area contributed by atoms with Gasteiger partial charge in [0.25, 0.3) is 0 Å². The Morgan fingerprint density at radius 3 is 3.17 bits per heavy atom. The van der Waals surface area contributed by atoms with Crippen LogP contribution in [0.3, 0.4) is 0 Å². The quantitative estimate of drug-likeness (QED) is 0.644. The molecule has 0 aromatic carbocycles. The van der Waals surface area contributed by atoms with Gasteiger partial charge in [0.2, 0.25) is 0 Å². The number of nitrogens with zero attached hydrogens (tertiary/aromatic N) is 3. The van der Waals surface area contributed by atoms with E-state index in [1.54, 1.807) is 0 Å². The van der Waals surface area contributed by atoms with Crippen LogP contribution < -0.4 is 5.73 Å². The summed E-state index contributed by atoms with van der Waals surface area (Å²) >= 11 is 0. The molecule has 4 nitrogen and oxygen atoms in total. The van der Waals surface area contributed by atoms with Crippen LogP contribution in [0, 0.1) is 12.8 Å². The highest BCUT2D eigenvalue weighted by atomic mass is 15.3. The number of hydrogen-bond donors (Lipinski definition) is 1. The molecule has 0 amide bonds. The van der Waals surface area contributed by atoms with Crippen molar-refractivity contribution in [3.63, 3.8) is 0 Å². The van der Waals surface area contributed by atoms with Gasteiger partial charge >= 0.3 is 0 Å². The zero-order valence-electron chi connectivity index (χ0n) is 7.32. The van der Waals surface area contributed by atoms with Gasteiger partial charge < -0.3 is 10.3 Å². The Hall–Kier alpha value is -0.900. The van der Waals surface area contributed by atoms with Gasteiger partial charge in [0, 0.05) is 13.0 Å². The van der Waals surface area contributed by atoms with Crippen molar-refractivity contribution in [2.75, 3.05) is 6.54 Å². The van der Waals surface area contributed by atoms with E-state index in [1.807, 2.05) is 6.92 Å². The normalized spacial score (nSPS) is 22.3. The summed E-state index contributed by atoms with van der Waals surface area (Å²) in [6.07, 6.45) is 2.17. The maximum absolute atomic E-state index is 5.61. The van der Waals surface area contributed by atoms with E-state index < -0.39 is 0 Å². The Kier molecular flexibility index (Phi) is 1.84. The smallest absolute Gasteiger partial charge is 0.133 e. The number of aromatic nitrogens is 3. The van der Waals surface area contributed by atoms with Crippen LogP contribution in [0.2, 0.25) is 0 Å². The number of aryl methyl sites for hydroxylation is 1. The topological polar surface area (TPSA) is 56.7 Å². The van der Waals surface area contributed by atoms with Crippen LogP contribution in [0.5, 0.6) is 0 Å². The summed E-state index contributed by atoms with van der Waals surface area (Å²) in [5.41, 5.74) is 5.61. The molecule has 1 unspecified atom stereocenters. The minimum absolute atomic E-state index is 0.612. The number of rotatable bonds is 1. The van der Waals surface area contributed by atoms with Crippen molar-refractivity contribution in [3.05, 3.63) is 11.6 Å². The van der Waals surface area contributed by atoms with Crippen molar-refractivity contribution in [3.8, 4) is 0 Å². The molecule has 1 aromatic rings. The molecule has 12 heavy (non-hydrogen) atoms. The molecular weight excluding hydrogens is 152 g/mol. The number of nitrogens with two attached hydrogens (primary N) is 1. The molecule has 2 N–H and O–H groups in total. The van der Waals surface area contributed by atoms with Gasteiger partial charge in [-0.2, -0.15) is 0 Å². The highest BCUT2D eigenvalue weighted by Gasteiger charge is 2.19. The summed E-state index contributed by atoms with van der Waals surface area (Å²) < 4.78 is 2.19. The zero-order chi connectivity index (χ0) is 8.55. The third-order valence-electron chi connectivity index (χ3n) is 2.58. The van der Waals surface area contributed by atoms with Gasteiger partial charge in [0.15, 0.2) is 0 Å². The highest BCUT2D eigenvalue weighted by Crippen LogP contribution is 2.18. The van der Waals surface area contributed by atoms with Crippen LogP contribution in [-0.4, -0.2) is 21.3 Å². The van der Waals surface area contributed by atoms with Gasteiger partial charge in [-0.1, -0.05) is 0 Å². The molecule has 1 aromatic heterocycles. The Morgan fingerprint density at radius 1 is 1.58 bits per heavy atom. The Balaban J connectivity index is 2.24. The van der Waals surface area contributed by atoms with Crippen LogP contribution in [0.4, 0.5) is 0 Å². The minimum atomic E-state index is 0.612. The summed E-state index contributed by atoms with van der Waals surface area (Å²) in [6, 6.07) is 0. The SMILES string of the molecule is Cc1nnc2n1CCC(CN)C2. The monoisotopic (exact) mass is 166 g/mol. The van der Waals surface area contributed by atoms with Gasteiger partial charge in [0.05, 0.1) is 0 Å². The second-order valence-corrected chi connectivity index (χ2v) is 3.41. The number of hydrogen-bond acceptors (Lipinski definition) is 3. The van der Waals surface area contributed by atoms with E-state index in [-0.39, 0.29) is 0 Å². The van der Waals surface area contributed by atoms with E-state index in [2.05, 4.69) is 14.8 Å². The highest BCUT2D eigenvalue weighted by molar-refractivity contribution is 4.98. The minimum Gasteiger partial charge on any atom is -0.330 e. The van der Waals surface area contributed by atoms with Crippen LogP contribution >= 0.6 is 0 Å². The van der Waals surface area contributed by atoms with Gasteiger partial charge in [-0.3, -0.25) is 0 Å². The van der Waals surface area contributed by atoms with Crippen LogP contribution in [-0.2, 0) is 13.0 Å². The van der Waals surface area contributed by atoms with Gasteiger partial charge in [-0.15, -0.1) is 10.2 Å². The second kappa shape index (κ2) is 2.86. The molecule has 4 heteroatoms. The van der Waals surface area contributed by atoms with Crippen LogP contribution in [0.15, 0.2) is 0 Å². The van der Waals surface area contributed by atoms with Gasteiger partial charge in [-0.25, -0.2) is 0 Å². The Labute approximate surface area is 71.8 Å². The van der Waals surface area contributed by atoms with Gasteiger partial charge in [-0.05, 0) is 25.8 Å². The van der Waals surface area contributed by atoms with Crippen LogP contribution in [0.1, 0.15) is 18.1 Å². The fraction of sp³-hybridized carbons (Fsp3) is 0.750. The first-order valence-corrected chi connectivity index (χ1v) is 4.40. The van der Waals surface area contributed by atoms with Crippen LogP contribution in [0.25, 0.3) is 0 Å². The van der Waals surface area contributed by atoms with E-state index in [1.165, 1.54) is 6.42 Å². The number of fused-ring (bicyclic) bond motifs is 1. The van der Waals surface area contributed by atoms with Crippen molar-refractivity contribution >= 4 is 0 Å².